The van der Waals surface area contributed by atoms with Crippen LogP contribution in [-0.2, 0) is 6.42 Å². The number of benzene rings is 2. The molecule has 0 saturated carbocycles. The highest BCUT2D eigenvalue weighted by Crippen LogP contribution is 2.53. The van der Waals surface area contributed by atoms with E-state index in [1.807, 2.05) is 0 Å². The Balaban J connectivity index is 2.08. The molecule has 3 rings (SSSR count). The molecule has 2 atom stereocenters. The molecule has 1 N–H and O–H groups in total. The zero-order valence-corrected chi connectivity index (χ0v) is 16.9. The summed E-state index contributed by atoms with van der Waals surface area (Å²) in [6.07, 6.45) is -1.25. The maximum absolute atomic E-state index is 10.7. The molecule has 0 spiro atoms. The van der Waals surface area contributed by atoms with Crippen LogP contribution in [0.5, 0.6) is 28.7 Å². The van der Waals surface area contributed by atoms with E-state index in [2.05, 4.69) is 0 Å². The summed E-state index contributed by atoms with van der Waals surface area (Å²) in [7, 11) is 6.05. The number of aliphatic hydroxyl groups is 1. The number of methoxy groups -OCH3 is 4. The molecule has 0 fully saturated rings. The van der Waals surface area contributed by atoms with E-state index in [-0.39, 0.29) is 22.2 Å². The van der Waals surface area contributed by atoms with Crippen LogP contribution in [0.4, 0.5) is 0 Å². The van der Waals surface area contributed by atoms with Crippen molar-refractivity contribution in [2.75, 3.05) is 28.4 Å². The minimum Gasteiger partial charge on any atom is -0.495 e. The van der Waals surface area contributed by atoms with E-state index in [0.29, 0.717) is 28.6 Å². The van der Waals surface area contributed by atoms with Crippen LogP contribution in [0, 0.1) is 0 Å². The Hall–Kier alpha value is -2.02. The van der Waals surface area contributed by atoms with Crippen molar-refractivity contribution in [1.82, 2.24) is 0 Å². The topological polar surface area (TPSA) is 66.4 Å². The first kappa shape index (κ1) is 19.7. The highest BCUT2D eigenvalue weighted by molar-refractivity contribution is 6.39. The summed E-state index contributed by atoms with van der Waals surface area (Å²) >= 11 is 12.8. The van der Waals surface area contributed by atoms with Crippen LogP contribution >= 0.6 is 23.2 Å². The SMILES string of the molecule is COc1ccc(C2Oc3c(Cl)c(OC)c(Cl)c(OC)c3C[C@H]2O)cc1OC. The number of aliphatic hydroxyl groups excluding tert-OH is 1. The van der Waals surface area contributed by atoms with Crippen molar-refractivity contribution in [1.29, 1.82) is 0 Å². The van der Waals surface area contributed by atoms with Crippen LogP contribution in [0.2, 0.25) is 10.0 Å². The summed E-state index contributed by atoms with van der Waals surface area (Å²) in [4.78, 5) is 0. The quantitative estimate of drug-likeness (QED) is 0.795. The molecule has 0 aromatic heterocycles. The van der Waals surface area contributed by atoms with E-state index in [1.165, 1.54) is 14.2 Å². The first-order valence-electron chi connectivity index (χ1n) is 8.15. The van der Waals surface area contributed by atoms with Crippen molar-refractivity contribution >= 4 is 23.2 Å². The summed E-state index contributed by atoms with van der Waals surface area (Å²) in [6.45, 7) is 0. The predicted molar refractivity (Wildman–Crippen MR) is 102 cm³/mol. The largest absolute Gasteiger partial charge is 0.495 e. The van der Waals surface area contributed by atoms with Crippen molar-refractivity contribution in [2.24, 2.45) is 0 Å². The molecule has 1 unspecified atom stereocenters. The molecule has 1 aliphatic heterocycles. The van der Waals surface area contributed by atoms with Gasteiger partial charge in [-0.05, 0) is 17.7 Å². The summed E-state index contributed by atoms with van der Waals surface area (Å²) in [5.41, 5.74) is 1.31. The van der Waals surface area contributed by atoms with Gasteiger partial charge in [0, 0.05) is 12.0 Å². The van der Waals surface area contributed by atoms with Crippen LogP contribution in [0.15, 0.2) is 18.2 Å². The number of ether oxygens (including phenoxy) is 5. The molecule has 2 aromatic carbocycles. The van der Waals surface area contributed by atoms with Crippen LogP contribution in [0.25, 0.3) is 0 Å². The molecule has 0 bridgehead atoms. The Kier molecular flexibility index (Phi) is 5.79. The molecule has 0 saturated heterocycles. The van der Waals surface area contributed by atoms with Crippen molar-refractivity contribution in [3.63, 3.8) is 0 Å². The third-order valence-corrected chi connectivity index (χ3v) is 5.18. The molecular weight excluding hydrogens is 395 g/mol. The lowest BCUT2D eigenvalue weighted by Gasteiger charge is -2.33. The maximum atomic E-state index is 10.7. The van der Waals surface area contributed by atoms with Gasteiger partial charge in [0.15, 0.2) is 23.4 Å². The van der Waals surface area contributed by atoms with Gasteiger partial charge in [-0.3, -0.25) is 0 Å². The fourth-order valence-electron chi connectivity index (χ4n) is 3.21. The van der Waals surface area contributed by atoms with Crippen LogP contribution in [0.3, 0.4) is 0 Å². The van der Waals surface area contributed by atoms with Gasteiger partial charge in [-0.2, -0.15) is 0 Å². The van der Waals surface area contributed by atoms with Crippen LogP contribution in [-0.4, -0.2) is 39.6 Å². The zero-order chi connectivity index (χ0) is 19.7. The van der Waals surface area contributed by atoms with E-state index >= 15 is 0 Å². The summed E-state index contributed by atoms with van der Waals surface area (Å²) in [5, 5.41) is 11.2. The third kappa shape index (κ3) is 3.33. The van der Waals surface area contributed by atoms with Crippen molar-refractivity contribution < 1.29 is 28.8 Å². The minimum atomic E-state index is -0.843. The van der Waals surface area contributed by atoms with Gasteiger partial charge in [-0.1, -0.05) is 29.3 Å². The Morgan fingerprint density at radius 1 is 0.926 bits per heavy atom. The standard InChI is InChI=1S/C19H20Cl2O6/c1-23-12-6-5-9(7-13(12)24-2)16-11(22)8-10-17(25-3)14(20)19(26-4)15(21)18(10)27-16/h5-7,11,16,22H,8H2,1-4H3/t11-,16?/m1/s1. The Bertz CT molecular complexity index is 855. The number of hydrogen-bond acceptors (Lipinski definition) is 6. The maximum Gasteiger partial charge on any atom is 0.163 e. The summed E-state index contributed by atoms with van der Waals surface area (Å²) in [6, 6.07) is 5.32. The molecule has 146 valence electrons. The predicted octanol–water partition coefficient (Wildman–Crippen LogP) is 4.06. The normalized spacial score (nSPS) is 18.3. The van der Waals surface area contributed by atoms with Gasteiger partial charge in [0.25, 0.3) is 0 Å². The fourth-order valence-corrected chi connectivity index (χ4v) is 3.95. The average molecular weight is 415 g/mol. The molecular formula is C19H20Cl2O6. The van der Waals surface area contributed by atoms with Gasteiger partial charge in [0.1, 0.15) is 21.5 Å². The van der Waals surface area contributed by atoms with E-state index < -0.39 is 12.2 Å². The number of fused-ring (bicyclic) bond motifs is 1. The summed E-state index contributed by atoms with van der Waals surface area (Å²) < 4.78 is 27.4. The molecule has 27 heavy (non-hydrogen) atoms. The smallest absolute Gasteiger partial charge is 0.163 e. The van der Waals surface area contributed by atoms with Gasteiger partial charge >= 0.3 is 0 Å². The highest BCUT2D eigenvalue weighted by atomic mass is 35.5. The molecule has 0 radical (unpaired) electrons. The average Bonchev–Trinajstić information content (AvgIpc) is 2.68. The second-order valence-corrected chi connectivity index (χ2v) is 6.68. The van der Waals surface area contributed by atoms with Gasteiger partial charge in [0.05, 0.1) is 34.5 Å². The number of halogens is 2. The third-order valence-electron chi connectivity index (χ3n) is 4.50. The van der Waals surface area contributed by atoms with Crippen LogP contribution < -0.4 is 23.7 Å². The van der Waals surface area contributed by atoms with Gasteiger partial charge in [0.2, 0.25) is 0 Å². The minimum absolute atomic E-state index is 0.232. The van der Waals surface area contributed by atoms with Gasteiger partial charge < -0.3 is 28.8 Å². The summed E-state index contributed by atoms with van der Waals surface area (Å²) in [5.74, 6) is 2.13. The number of rotatable bonds is 5. The molecule has 6 nitrogen and oxygen atoms in total. The monoisotopic (exact) mass is 414 g/mol. The molecule has 1 aliphatic rings. The van der Waals surface area contributed by atoms with E-state index in [0.717, 1.165) is 5.56 Å². The number of hydrogen-bond donors (Lipinski definition) is 1. The highest BCUT2D eigenvalue weighted by Gasteiger charge is 2.36. The lowest BCUT2D eigenvalue weighted by Crippen LogP contribution is -2.31. The molecule has 2 aromatic rings. The molecule has 8 heteroatoms. The van der Waals surface area contributed by atoms with Crippen molar-refractivity contribution in [3.8, 4) is 28.7 Å². The van der Waals surface area contributed by atoms with Gasteiger partial charge in [-0.15, -0.1) is 0 Å². The van der Waals surface area contributed by atoms with Gasteiger partial charge in [-0.25, -0.2) is 0 Å². The van der Waals surface area contributed by atoms with E-state index in [1.54, 1.807) is 32.4 Å². The Morgan fingerprint density at radius 2 is 1.59 bits per heavy atom. The van der Waals surface area contributed by atoms with Crippen molar-refractivity contribution in [2.45, 2.75) is 18.6 Å². The first-order valence-corrected chi connectivity index (χ1v) is 8.90. The molecule has 1 heterocycles. The first-order chi connectivity index (χ1) is 13.0. The second kappa shape index (κ2) is 7.92. The Morgan fingerprint density at radius 3 is 2.19 bits per heavy atom. The lowest BCUT2D eigenvalue weighted by molar-refractivity contribution is 0.0197. The lowest BCUT2D eigenvalue weighted by atomic mass is 9.93. The van der Waals surface area contributed by atoms with E-state index in [9.17, 15) is 5.11 Å². The molecule has 0 aliphatic carbocycles. The van der Waals surface area contributed by atoms with Crippen LogP contribution in [0.1, 0.15) is 17.2 Å². The van der Waals surface area contributed by atoms with E-state index in [4.69, 9.17) is 46.9 Å². The second-order valence-electron chi connectivity index (χ2n) is 5.93. The Labute approximate surface area is 167 Å². The molecule has 0 amide bonds. The fraction of sp³-hybridized carbons (Fsp3) is 0.368. The van der Waals surface area contributed by atoms with Crippen molar-refractivity contribution in [3.05, 3.63) is 39.4 Å². The zero-order valence-electron chi connectivity index (χ0n) is 15.3.